The van der Waals surface area contributed by atoms with Gasteiger partial charge in [0.15, 0.2) is 0 Å². The third-order valence-electron chi connectivity index (χ3n) is 6.56. The number of carbonyl (C=O) groups excluding carboxylic acids is 4. The number of hydrogen-bond acceptors (Lipinski definition) is 8. The molecule has 1 aromatic carbocycles. The van der Waals surface area contributed by atoms with Crippen LogP contribution in [0.4, 0.5) is 0 Å². The first-order valence-corrected chi connectivity index (χ1v) is 14.3. The van der Waals surface area contributed by atoms with Gasteiger partial charge in [-0.05, 0) is 43.1 Å². The van der Waals surface area contributed by atoms with Gasteiger partial charge in [-0.15, -0.1) is 0 Å². The van der Waals surface area contributed by atoms with Crippen LogP contribution in [0.5, 0.6) is 0 Å². The Hall–Kier alpha value is -4.49. The van der Waals surface area contributed by atoms with Crippen LogP contribution in [0.2, 0.25) is 0 Å². The minimum atomic E-state index is -1.27. The van der Waals surface area contributed by atoms with Crippen molar-refractivity contribution >= 4 is 29.6 Å². The van der Waals surface area contributed by atoms with Crippen molar-refractivity contribution in [1.82, 2.24) is 21.3 Å². The third-order valence-corrected chi connectivity index (χ3v) is 6.56. The maximum Gasteiger partial charge on any atom is 0.326 e. The number of nitrogens with zero attached hydrogens (tertiary/aromatic N) is 2. The van der Waals surface area contributed by atoms with Crippen LogP contribution in [0.25, 0.3) is 0 Å². The van der Waals surface area contributed by atoms with Crippen molar-refractivity contribution < 1.29 is 29.1 Å². The highest BCUT2D eigenvalue weighted by molar-refractivity contribution is 5.95. The first-order chi connectivity index (χ1) is 20.3. The summed E-state index contributed by atoms with van der Waals surface area (Å²) >= 11 is 0. The van der Waals surface area contributed by atoms with E-state index in [1.165, 1.54) is 0 Å². The maximum absolute atomic E-state index is 13.3. The minimum absolute atomic E-state index is 0.0185. The lowest BCUT2D eigenvalue weighted by Gasteiger charge is -2.27. The average molecular weight is 598 g/mol. The molecule has 0 saturated carbocycles. The molecule has 5 atom stereocenters. The summed E-state index contributed by atoms with van der Waals surface area (Å²) in [7, 11) is 0. The van der Waals surface area contributed by atoms with E-state index >= 15 is 0 Å². The molecule has 0 saturated heterocycles. The molecule has 0 bridgehead atoms. The molecule has 43 heavy (non-hydrogen) atoms. The first-order valence-electron chi connectivity index (χ1n) is 14.3. The number of rotatable bonds is 18. The second-order valence-corrected chi connectivity index (χ2v) is 11.1. The van der Waals surface area contributed by atoms with Crippen LogP contribution in [0, 0.1) is 34.5 Å². The zero-order chi connectivity index (χ0) is 32.5. The molecule has 0 aliphatic carbocycles. The summed E-state index contributed by atoms with van der Waals surface area (Å²) in [6.45, 7) is 6.93. The maximum atomic E-state index is 13.3. The Morgan fingerprint density at radius 3 is 1.67 bits per heavy atom. The lowest BCUT2D eigenvalue weighted by molar-refractivity contribution is -0.143. The third kappa shape index (κ3) is 13.4. The SMILES string of the molecule is CC(C)C[C@H](NC(=O)[C@@H](N)Cc1ccccc1)C(=O)N[C@@H](CCC#N)C(=O)N[C@@H](CCC#N)C(=O)N[C@H](C(=O)O)C(C)C. The van der Waals surface area contributed by atoms with E-state index in [0.29, 0.717) is 0 Å². The fourth-order valence-corrected chi connectivity index (χ4v) is 4.21. The summed E-state index contributed by atoms with van der Waals surface area (Å²) in [5.41, 5.74) is 6.95. The zero-order valence-corrected chi connectivity index (χ0v) is 25.1. The molecule has 13 heteroatoms. The summed E-state index contributed by atoms with van der Waals surface area (Å²) in [4.78, 5) is 64.0. The van der Waals surface area contributed by atoms with Crippen LogP contribution in [0.1, 0.15) is 65.4 Å². The van der Waals surface area contributed by atoms with E-state index < -0.39 is 65.7 Å². The van der Waals surface area contributed by atoms with E-state index in [4.69, 9.17) is 16.3 Å². The Labute approximate surface area is 252 Å². The molecule has 7 N–H and O–H groups in total. The van der Waals surface area contributed by atoms with Crippen LogP contribution in [-0.4, -0.2) is 64.9 Å². The van der Waals surface area contributed by atoms with Crippen molar-refractivity contribution in [3.05, 3.63) is 35.9 Å². The van der Waals surface area contributed by atoms with Gasteiger partial charge in [0.2, 0.25) is 23.6 Å². The van der Waals surface area contributed by atoms with Crippen LogP contribution in [0.3, 0.4) is 0 Å². The quantitative estimate of drug-likeness (QED) is 0.141. The van der Waals surface area contributed by atoms with Gasteiger partial charge in [-0.3, -0.25) is 19.2 Å². The van der Waals surface area contributed by atoms with E-state index in [1.54, 1.807) is 13.8 Å². The van der Waals surface area contributed by atoms with E-state index in [2.05, 4.69) is 21.3 Å². The first kappa shape index (κ1) is 36.5. The van der Waals surface area contributed by atoms with E-state index in [0.717, 1.165) is 5.56 Å². The molecule has 13 nitrogen and oxygen atoms in total. The van der Waals surface area contributed by atoms with E-state index in [9.17, 15) is 29.1 Å². The molecule has 0 aromatic heterocycles. The Kier molecular flexibility index (Phi) is 16.0. The Bertz CT molecular complexity index is 1180. The van der Waals surface area contributed by atoms with Gasteiger partial charge in [-0.25, -0.2) is 4.79 Å². The predicted molar refractivity (Wildman–Crippen MR) is 157 cm³/mol. The molecule has 0 unspecified atom stereocenters. The smallest absolute Gasteiger partial charge is 0.326 e. The van der Waals surface area contributed by atoms with Gasteiger partial charge in [0.05, 0.1) is 18.2 Å². The Morgan fingerprint density at radius 2 is 1.23 bits per heavy atom. The normalized spacial score (nSPS) is 14.3. The van der Waals surface area contributed by atoms with Gasteiger partial charge < -0.3 is 32.1 Å². The van der Waals surface area contributed by atoms with Crippen molar-refractivity contribution in [2.45, 2.75) is 96.4 Å². The minimum Gasteiger partial charge on any atom is -0.480 e. The fraction of sp³-hybridized carbons (Fsp3) is 0.567. The van der Waals surface area contributed by atoms with E-state index in [1.807, 2.05) is 56.3 Å². The van der Waals surface area contributed by atoms with Crippen molar-refractivity contribution in [3.63, 3.8) is 0 Å². The molecule has 1 rings (SSSR count). The summed E-state index contributed by atoms with van der Waals surface area (Å²) < 4.78 is 0. The highest BCUT2D eigenvalue weighted by atomic mass is 16.4. The molecule has 4 amide bonds. The van der Waals surface area contributed by atoms with Crippen molar-refractivity contribution in [1.29, 1.82) is 10.5 Å². The topological polar surface area (TPSA) is 227 Å². The molecule has 0 fully saturated rings. The molecule has 0 aliphatic rings. The standard InChI is InChI=1S/C30H43N7O6/c1-18(2)16-24(36-26(38)21(33)17-20-10-6-5-7-11-20)29(41)35-22(12-8-14-31)27(39)34-23(13-9-15-32)28(40)37-25(19(3)4)30(42)43/h5-7,10-11,18-19,21-25H,8-9,12-13,16-17,33H2,1-4H3,(H,34,39)(H,35,41)(H,36,38)(H,37,40)(H,42,43)/t21-,22-,23-,24-,25-/m0/s1. The molecular weight excluding hydrogens is 554 g/mol. The number of aliphatic carboxylic acids is 1. The molecule has 0 spiro atoms. The lowest BCUT2D eigenvalue weighted by Crippen LogP contribution is -2.59. The predicted octanol–water partition coefficient (Wildman–Crippen LogP) is 0.890. The zero-order valence-electron chi connectivity index (χ0n) is 25.1. The van der Waals surface area contributed by atoms with Crippen LogP contribution in [-0.2, 0) is 30.4 Å². The largest absolute Gasteiger partial charge is 0.480 e. The molecule has 0 heterocycles. The fourth-order valence-electron chi connectivity index (χ4n) is 4.21. The molecule has 0 aliphatic heterocycles. The highest BCUT2D eigenvalue weighted by Crippen LogP contribution is 2.10. The van der Waals surface area contributed by atoms with Gasteiger partial charge in [0.25, 0.3) is 0 Å². The Morgan fingerprint density at radius 1 is 0.767 bits per heavy atom. The second kappa shape index (κ2) is 18.8. The number of nitrogens with one attached hydrogen (secondary N) is 4. The van der Waals surface area contributed by atoms with Gasteiger partial charge in [-0.2, -0.15) is 10.5 Å². The number of nitrogens with two attached hydrogens (primary N) is 1. The van der Waals surface area contributed by atoms with Crippen molar-refractivity contribution in [2.75, 3.05) is 0 Å². The lowest BCUT2D eigenvalue weighted by atomic mass is 10.0. The summed E-state index contributed by atoms with van der Waals surface area (Å²) in [6.07, 6.45) is 0.0651. The van der Waals surface area contributed by atoms with Gasteiger partial charge in [0.1, 0.15) is 24.2 Å². The molecule has 0 radical (unpaired) electrons. The van der Waals surface area contributed by atoms with Crippen molar-refractivity contribution in [2.24, 2.45) is 17.6 Å². The molecule has 1 aromatic rings. The summed E-state index contributed by atoms with van der Waals surface area (Å²) in [5.74, 6) is -4.54. The molecular formula is C30H43N7O6. The number of carbonyl (C=O) groups is 5. The number of hydrogen-bond donors (Lipinski definition) is 6. The summed E-state index contributed by atoms with van der Waals surface area (Å²) in [6, 6.07) is 7.24. The van der Waals surface area contributed by atoms with Gasteiger partial charge in [-0.1, -0.05) is 58.0 Å². The number of nitriles is 2. The van der Waals surface area contributed by atoms with E-state index in [-0.39, 0.29) is 44.4 Å². The number of benzene rings is 1. The summed E-state index contributed by atoms with van der Waals surface area (Å²) in [5, 5.41) is 37.7. The second-order valence-electron chi connectivity index (χ2n) is 11.1. The number of carboxylic acids is 1. The number of amides is 4. The number of carboxylic acid groups (broad SMARTS) is 1. The van der Waals surface area contributed by atoms with Crippen LogP contribution >= 0.6 is 0 Å². The molecule has 234 valence electrons. The Balaban J connectivity index is 3.08. The van der Waals surface area contributed by atoms with Crippen LogP contribution in [0.15, 0.2) is 30.3 Å². The highest BCUT2D eigenvalue weighted by Gasteiger charge is 2.32. The van der Waals surface area contributed by atoms with Crippen LogP contribution < -0.4 is 27.0 Å². The monoisotopic (exact) mass is 597 g/mol. The van der Waals surface area contributed by atoms with Gasteiger partial charge in [0, 0.05) is 12.8 Å². The van der Waals surface area contributed by atoms with Crippen molar-refractivity contribution in [3.8, 4) is 12.1 Å². The average Bonchev–Trinajstić information content (AvgIpc) is 2.95. The van der Waals surface area contributed by atoms with Gasteiger partial charge >= 0.3 is 5.97 Å².